The number of aliphatic hydroxyl groups excluding tert-OH is 1. The van der Waals surface area contributed by atoms with Crippen molar-refractivity contribution >= 4 is 11.4 Å². The van der Waals surface area contributed by atoms with Gasteiger partial charge in [0.15, 0.2) is 0 Å². The third kappa shape index (κ3) is 5.29. The van der Waals surface area contributed by atoms with Crippen LogP contribution in [0.4, 0.5) is 11.4 Å². The van der Waals surface area contributed by atoms with Crippen LogP contribution in [0.25, 0.3) is 0 Å². The van der Waals surface area contributed by atoms with Crippen molar-refractivity contribution in [1.82, 2.24) is 0 Å². The van der Waals surface area contributed by atoms with Crippen LogP contribution in [0.15, 0.2) is 58.8 Å². The smallest absolute Gasteiger partial charge is 0.0991 e. The van der Waals surface area contributed by atoms with Crippen molar-refractivity contribution < 1.29 is 9.84 Å². The number of aliphatic hydroxyl groups is 1. The first-order valence-electron chi connectivity index (χ1n) is 7.43. The van der Waals surface area contributed by atoms with Gasteiger partial charge in [-0.15, -0.1) is 0 Å². The van der Waals surface area contributed by atoms with Crippen LogP contribution in [-0.2, 0) is 4.74 Å². The molecule has 2 aromatic rings. The van der Waals surface area contributed by atoms with Gasteiger partial charge in [-0.1, -0.05) is 19.1 Å². The highest BCUT2D eigenvalue weighted by atomic mass is 16.5. The highest BCUT2D eigenvalue weighted by Gasteiger charge is 2.05. The van der Waals surface area contributed by atoms with Gasteiger partial charge in [-0.25, -0.2) is 0 Å². The molecule has 2 rings (SSSR count). The molecule has 0 amide bonds. The Morgan fingerprint density at radius 1 is 1.04 bits per heavy atom. The third-order valence-corrected chi connectivity index (χ3v) is 3.34. The van der Waals surface area contributed by atoms with Gasteiger partial charge in [0.25, 0.3) is 0 Å². The fourth-order valence-electron chi connectivity index (χ4n) is 2.01. The largest absolute Gasteiger partial charge is 0.394 e. The van der Waals surface area contributed by atoms with Gasteiger partial charge in [-0.3, -0.25) is 0 Å². The highest BCUT2D eigenvalue weighted by molar-refractivity contribution is 5.44. The van der Waals surface area contributed by atoms with Gasteiger partial charge in [0.2, 0.25) is 0 Å². The lowest BCUT2D eigenvalue weighted by molar-refractivity contribution is 0.0849. The molecule has 5 heteroatoms. The van der Waals surface area contributed by atoms with Crippen LogP contribution in [0.5, 0.6) is 0 Å². The fraction of sp³-hybridized carbons (Fsp3) is 0.278. The summed E-state index contributed by atoms with van der Waals surface area (Å²) in [7, 11) is 0. The quantitative estimate of drug-likeness (QED) is 0.618. The van der Waals surface area contributed by atoms with Crippen LogP contribution in [0, 0.1) is 11.3 Å². The first kappa shape index (κ1) is 16.8. The minimum absolute atomic E-state index is 0.0430. The zero-order chi connectivity index (χ0) is 16.5. The van der Waals surface area contributed by atoms with Crippen LogP contribution < -0.4 is 0 Å². The third-order valence-electron chi connectivity index (χ3n) is 3.34. The van der Waals surface area contributed by atoms with E-state index < -0.39 is 0 Å². The Kier molecular flexibility index (Phi) is 6.42. The minimum Gasteiger partial charge on any atom is -0.394 e. The Bertz CT molecular complexity index is 673. The average molecular weight is 309 g/mol. The molecule has 0 saturated heterocycles. The number of azo groups is 1. The summed E-state index contributed by atoms with van der Waals surface area (Å²) in [5, 5.41) is 25.8. The molecule has 0 aliphatic heterocycles. The fourth-order valence-corrected chi connectivity index (χ4v) is 2.01. The van der Waals surface area contributed by atoms with E-state index in [1.807, 2.05) is 24.3 Å². The lowest BCUT2D eigenvalue weighted by Crippen LogP contribution is -2.07. The van der Waals surface area contributed by atoms with Crippen LogP contribution in [0.1, 0.15) is 24.0 Å². The normalized spacial score (nSPS) is 12.2. The van der Waals surface area contributed by atoms with Crippen LogP contribution >= 0.6 is 0 Å². The Hall–Kier alpha value is -2.55. The molecule has 0 fully saturated rings. The van der Waals surface area contributed by atoms with E-state index in [0.29, 0.717) is 24.5 Å². The second kappa shape index (κ2) is 8.79. The molecule has 23 heavy (non-hydrogen) atoms. The van der Waals surface area contributed by atoms with E-state index in [9.17, 15) is 0 Å². The SMILES string of the molecule is CC(COCCO)c1ccc(N=Nc2ccc(C#N)cc2)cc1. The molecule has 0 bridgehead atoms. The summed E-state index contributed by atoms with van der Waals surface area (Å²) in [5.41, 5.74) is 3.23. The van der Waals surface area contributed by atoms with Crippen molar-refractivity contribution in [3.63, 3.8) is 0 Å². The molecule has 0 aromatic heterocycles. The van der Waals surface area contributed by atoms with Gasteiger partial charge >= 0.3 is 0 Å². The van der Waals surface area contributed by atoms with Crippen molar-refractivity contribution in [2.24, 2.45) is 10.2 Å². The second-order valence-corrected chi connectivity index (χ2v) is 5.15. The molecule has 0 spiro atoms. The van der Waals surface area contributed by atoms with E-state index >= 15 is 0 Å². The molecule has 1 unspecified atom stereocenters. The molecule has 1 atom stereocenters. The van der Waals surface area contributed by atoms with Crippen molar-refractivity contribution in [1.29, 1.82) is 5.26 Å². The average Bonchev–Trinajstić information content (AvgIpc) is 2.61. The van der Waals surface area contributed by atoms with E-state index in [4.69, 9.17) is 15.1 Å². The van der Waals surface area contributed by atoms with Gasteiger partial charge in [-0.05, 0) is 42.0 Å². The minimum atomic E-state index is 0.0430. The molecule has 1 N–H and O–H groups in total. The molecular formula is C18H19N3O2. The number of benzene rings is 2. The van der Waals surface area contributed by atoms with Crippen LogP contribution in [0.3, 0.4) is 0 Å². The van der Waals surface area contributed by atoms with E-state index in [-0.39, 0.29) is 12.5 Å². The lowest BCUT2D eigenvalue weighted by atomic mass is 10.0. The zero-order valence-electron chi connectivity index (χ0n) is 13.0. The van der Waals surface area contributed by atoms with Gasteiger partial charge < -0.3 is 9.84 Å². The van der Waals surface area contributed by atoms with E-state index in [2.05, 4.69) is 23.2 Å². The van der Waals surface area contributed by atoms with Crippen LogP contribution in [-0.4, -0.2) is 24.9 Å². The Balaban J connectivity index is 1.96. The molecule has 5 nitrogen and oxygen atoms in total. The van der Waals surface area contributed by atoms with Crippen molar-refractivity contribution in [2.75, 3.05) is 19.8 Å². The Morgan fingerprint density at radius 2 is 1.61 bits per heavy atom. The lowest BCUT2D eigenvalue weighted by Gasteiger charge is -2.11. The number of nitrogens with zero attached hydrogens (tertiary/aromatic N) is 3. The Morgan fingerprint density at radius 3 is 2.13 bits per heavy atom. The zero-order valence-corrected chi connectivity index (χ0v) is 13.0. The molecule has 0 radical (unpaired) electrons. The van der Waals surface area contributed by atoms with E-state index in [0.717, 1.165) is 11.3 Å². The number of hydrogen-bond acceptors (Lipinski definition) is 5. The number of hydrogen-bond donors (Lipinski definition) is 1. The molecular weight excluding hydrogens is 290 g/mol. The van der Waals surface area contributed by atoms with Gasteiger partial charge in [0.05, 0.1) is 42.8 Å². The van der Waals surface area contributed by atoms with E-state index in [1.165, 1.54) is 0 Å². The molecule has 0 saturated carbocycles. The number of ether oxygens (including phenoxy) is 1. The molecule has 2 aromatic carbocycles. The van der Waals surface area contributed by atoms with Gasteiger partial charge in [0.1, 0.15) is 0 Å². The summed E-state index contributed by atoms with van der Waals surface area (Å²) in [4.78, 5) is 0. The first-order valence-corrected chi connectivity index (χ1v) is 7.43. The molecule has 118 valence electrons. The maximum atomic E-state index is 8.75. The predicted octanol–water partition coefficient (Wildman–Crippen LogP) is 4.09. The second-order valence-electron chi connectivity index (χ2n) is 5.15. The Labute approximate surface area is 135 Å². The first-order chi connectivity index (χ1) is 11.2. The summed E-state index contributed by atoms with van der Waals surface area (Å²) < 4.78 is 5.34. The molecule has 0 heterocycles. The summed E-state index contributed by atoms with van der Waals surface area (Å²) in [6.07, 6.45) is 0. The van der Waals surface area contributed by atoms with Gasteiger partial charge in [-0.2, -0.15) is 15.5 Å². The highest BCUT2D eigenvalue weighted by Crippen LogP contribution is 2.22. The predicted molar refractivity (Wildman–Crippen MR) is 88.1 cm³/mol. The molecule has 0 aliphatic rings. The summed E-state index contributed by atoms with van der Waals surface area (Å²) in [6, 6.07) is 16.8. The van der Waals surface area contributed by atoms with Crippen molar-refractivity contribution in [3.05, 3.63) is 59.7 Å². The maximum absolute atomic E-state index is 8.75. The summed E-state index contributed by atoms with van der Waals surface area (Å²) in [6.45, 7) is 3.06. The maximum Gasteiger partial charge on any atom is 0.0991 e. The number of rotatable bonds is 7. The number of nitriles is 1. The monoisotopic (exact) mass is 309 g/mol. The van der Waals surface area contributed by atoms with E-state index in [1.54, 1.807) is 24.3 Å². The standard InChI is InChI=1S/C18H19N3O2/c1-14(13-23-11-10-22)16-4-8-18(9-5-16)21-20-17-6-2-15(12-19)3-7-17/h2-9,14,22H,10-11,13H2,1H3. The van der Waals surface area contributed by atoms with Crippen molar-refractivity contribution in [3.8, 4) is 6.07 Å². The van der Waals surface area contributed by atoms with Gasteiger partial charge in [0, 0.05) is 5.92 Å². The van der Waals surface area contributed by atoms with Crippen LogP contribution in [0.2, 0.25) is 0 Å². The summed E-state index contributed by atoms with van der Waals surface area (Å²) >= 11 is 0. The van der Waals surface area contributed by atoms with Crippen molar-refractivity contribution in [2.45, 2.75) is 12.8 Å². The molecule has 0 aliphatic carbocycles. The summed E-state index contributed by atoms with van der Waals surface area (Å²) in [5.74, 6) is 0.256. The topological polar surface area (TPSA) is 78.0 Å².